The van der Waals surface area contributed by atoms with Gasteiger partial charge in [-0.2, -0.15) is 0 Å². The van der Waals surface area contributed by atoms with Crippen molar-refractivity contribution < 1.29 is 38.8 Å². The molecule has 0 aliphatic rings. The molecule has 0 aromatic rings. The second-order valence-corrected chi connectivity index (χ2v) is 10.7. The van der Waals surface area contributed by atoms with Crippen LogP contribution >= 0.6 is 0 Å². The summed E-state index contributed by atoms with van der Waals surface area (Å²) in [7, 11) is 0. The Labute approximate surface area is 295 Å². The number of aliphatic hydroxyl groups is 2. The SMILES string of the molecule is CC#CC#CC#CC#CC#CC#CC#CC#CC#CC#CC(=O)OCC(O)CN(CCCCC(N)C(=O)OC(C)(C)C)CC(O)COC(C)=O. The van der Waals surface area contributed by atoms with Crippen molar-refractivity contribution in [3.63, 3.8) is 0 Å². The zero-order valence-electron chi connectivity index (χ0n) is 28.8. The number of hydrogen-bond acceptors (Lipinski definition) is 10. The molecule has 0 saturated heterocycles. The fourth-order valence-electron chi connectivity index (χ4n) is 3.22. The molecular formula is C40H38N2O8. The van der Waals surface area contributed by atoms with Crippen molar-refractivity contribution in [2.24, 2.45) is 5.73 Å². The molecule has 0 rings (SSSR count). The van der Waals surface area contributed by atoms with E-state index in [9.17, 15) is 24.6 Å². The predicted molar refractivity (Wildman–Crippen MR) is 187 cm³/mol. The molecule has 0 aliphatic heterocycles. The van der Waals surface area contributed by atoms with Gasteiger partial charge in [0.1, 0.15) is 37.1 Å². The highest BCUT2D eigenvalue weighted by Crippen LogP contribution is 2.11. The van der Waals surface area contributed by atoms with Gasteiger partial charge in [0.05, 0.1) is 0 Å². The Morgan fingerprint density at radius 2 is 1.10 bits per heavy atom. The molecule has 0 saturated carbocycles. The summed E-state index contributed by atoms with van der Waals surface area (Å²) in [4.78, 5) is 36.8. The molecule has 3 unspecified atom stereocenters. The van der Waals surface area contributed by atoms with Crippen LogP contribution in [0.4, 0.5) is 0 Å². The van der Waals surface area contributed by atoms with Crippen molar-refractivity contribution >= 4 is 17.9 Å². The van der Waals surface area contributed by atoms with Gasteiger partial charge in [0.2, 0.25) is 0 Å². The highest BCUT2D eigenvalue weighted by molar-refractivity contribution is 5.89. The van der Waals surface area contributed by atoms with E-state index in [1.54, 1.807) is 32.6 Å². The van der Waals surface area contributed by atoms with E-state index in [0.717, 1.165) is 0 Å². The van der Waals surface area contributed by atoms with Crippen molar-refractivity contribution in [1.29, 1.82) is 0 Å². The van der Waals surface area contributed by atoms with E-state index in [-0.39, 0.29) is 26.3 Å². The first kappa shape index (κ1) is 43.8. The monoisotopic (exact) mass is 674 g/mol. The number of ether oxygens (including phenoxy) is 3. The topological polar surface area (TPSA) is 149 Å². The van der Waals surface area contributed by atoms with Crippen LogP contribution < -0.4 is 5.73 Å². The number of unbranched alkanes of at least 4 members (excludes halogenated alkanes) is 1. The Balaban J connectivity index is 4.85. The first-order valence-electron chi connectivity index (χ1n) is 15.1. The molecule has 0 bridgehead atoms. The molecule has 0 spiro atoms. The van der Waals surface area contributed by atoms with E-state index in [4.69, 9.17) is 19.9 Å². The van der Waals surface area contributed by atoms with Crippen molar-refractivity contribution in [3.05, 3.63) is 0 Å². The summed E-state index contributed by atoms with van der Waals surface area (Å²) in [6.07, 6.45) is -0.614. The average molecular weight is 675 g/mol. The maximum absolute atomic E-state index is 12.1. The number of nitrogens with zero attached hydrogens (tertiary/aromatic N) is 1. The number of hydrogen-bond donors (Lipinski definition) is 3. The fourth-order valence-corrected chi connectivity index (χ4v) is 3.22. The van der Waals surface area contributed by atoms with Crippen molar-refractivity contribution in [2.75, 3.05) is 32.8 Å². The molecule has 0 amide bonds. The second kappa shape index (κ2) is 27.9. The van der Waals surface area contributed by atoms with Gasteiger partial charge in [0.15, 0.2) is 0 Å². The minimum atomic E-state index is -1.12. The van der Waals surface area contributed by atoms with Gasteiger partial charge in [0, 0.05) is 37.8 Å². The van der Waals surface area contributed by atoms with Crippen LogP contribution in [0.3, 0.4) is 0 Å². The van der Waals surface area contributed by atoms with Gasteiger partial charge >= 0.3 is 17.9 Å². The standard InChI is InChI=1S/C40H38N2O8/c1-6-7-8-9-10-11-12-13-14-15-16-17-18-19-20-21-22-23-24-28-38(46)49-33-36(45)31-42(30-35(44)32-48-34(2)43)29-26-25-27-37(41)39(47)50-40(3,4)5/h35-37,44-45H,25-27,29-33,41H2,1-5H3. The van der Waals surface area contributed by atoms with Crippen LogP contribution in [0.5, 0.6) is 0 Å². The lowest BCUT2D eigenvalue weighted by atomic mass is 10.1. The van der Waals surface area contributed by atoms with Gasteiger partial charge in [-0.3, -0.25) is 14.5 Å². The quantitative estimate of drug-likeness (QED) is 0.0757. The number of nitrogens with two attached hydrogens (primary N) is 1. The molecule has 256 valence electrons. The van der Waals surface area contributed by atoms with Gasteiger partial charge in [-0.15, -0.1) is 0 Å². The lowest BCUT2D eigenvalue weighted by molar-refractivity contribution is -0.156. The molecule has 0 radical (unpaired) electrons. The fraction of sp³-hybridized carbons (Fsp3) is 0.425. The highest BCUT2D eigenvalue weighted by Gasteiger charge is 2.22. The Bertz CT molecular complexity index is 1820. The third-order valence-electron chi connectivity index (χ3n) is 5.12. The summed E-state index contributed by atoms with van der Waals surface area (Å²) in [6, 6.07) is -0.781. The Kier molecular flexibility index (Phi) is 24.5. The third kappa shape index (κ3) is 29.3. The van der Waals surface area contributed by atoms with Gasteiger partial charge in [0.25, 0.3) is 0 Å². The maximum Gasteiger partial charge on any atom is 0.385 e. The Hall–Kier alpha value is -6.15. The smallest absolute Gasteiger partial charge is 0.385 e. The van der Waals surface area contributed by atoms with E-state index < -0.39 is 41.8 Å². The predicted octanol–water partition coefficient (Wildman–Crippen LogP) is 0.00970. The zero-order valence-corrected chi connectivity index (χ0v) is 28.8. The number of esters is 3. The Morgan fingerprint density at radius 1 is 0.680 bits per heavy atom. The molecule has 0 aromatic heterocycles. The molecule has 4 N–H and O–H groups in total. The summed E-state index contributed by atoms with van der Waals surface area (Å²) in [5.41, 5.74) is 5.29. The normalized spacial score (nSPS) is 10.4. The number of aliphatic hydroxyl groups excluding tert-OH is 2. The van der Waals surface area contributed by atoms with E-state index in [2.05, 4.69) is 118 Å². The molecule has 10 nitrogen and oxygen atoms in total. The van der Waals surface area contributed by atoms with Gasteiger partial charge in [-0.1, -0.05) is 12.3 Å². The van der Waals surface area contributed by atoms with Crippen molar-refractivity contribution in [1.82, 2.24) is 4.90 Å². The van der Waals surface area contributed by atoms with Crippen molar-refractivity contribution in [3.8, 4) is 118 Å². The third-order valence-corrected chi connectivity index (χ3v) is 5.12. The van der Waals surface area contributed by atoms with Crippen LogP contribution in [-0.4, -0.2) is 89.7 Å². The zero-order chi connectivity index (χ0) is 37.5. The van der Waals surface area contributed by atoms with E-state index in [1.165, 1.54) is 6.92 Å². The van der Waals surface area contributed by atoms with E-state index >= 15 is 0 Å². The van der Waals surface area contributed by atoms with Crippen LogP contribution in [-0.2, 0) is 28.6 Å². The first-order valence-corrected chi connectivity index (χ1v) is 15.1. The van der Waals surface area contributed by atoms with Crippen LogP contribution in [0.15, 0.2) is 0 Å². The summed E-state index contributed by atoms with van der Waals surface area (Å²) in [6.45, 7) is 8.08. The number of carbonyl (C=O) groups is 3. The minimum Gasteiger partial charge on any atom is -0.463 e. The summed E-state index contributed by atoms with van der Waals surface area (Å²) >= 11 is 0. The van der Waals surface area contributed by atoms with E-state index in [0.29, 0.717) is 25.8 Å². The molecule has 0 heterocycles. The Morgan fingerprint density at radius 3 is 1.52 bits per heavy atom. The summed E-state index contributed by atoms with van der Waals surface area (Å²) in [5, 5.41) is 20.7. The molecule has 0 fully saturated rings. The molecule has 10 heteroatoms. The molecule has 0 aromatic carbocycles. The number of rotatable bonds is 14. The second-order valence-electron chi connectivity index (χ2n) is 10.7. The van der Waals surface area contributed by atoms with Crippen LogP contribution in [0.25, 0.3) is 0 Å². The summed E-state index contributed by atoms with van der Waals surface area (Å²) in [5.74, 6) is 47.1. The first-order chi connectivity index (χ1) is 23.8. The van der Waals surface area contributed by atoms with E-state index in [1.807, 2.05) is 0 Å². The highest BCUT2D eigenvalue weighted by atomic mass is 16.6. The summed E-state index contributed by atoms with van der Waals surface area (Å²) < 4.78 is 15.1. The van der Waals surface area contributed by atoms with Gasteiger partial charge in [-0.05, 0) is 142 Å². The van der Waals surface area contributed by atoms with Gasteiger partial charge in [-0.25, -0.2) is 4.79 Å². The van der Waals surface area contributed by atoms with Crippen LogP contribution in [0, 0.1) is 118 Å². The maximum atomic E-state index is 12.1. The molecule has 3 atom stereocenters. The molecule has 0 aliphatic carbocycles. The number of carbonyl (C=O) groups excluding carboxylic acids is 3. The lowest BCUT2D eigenvalue weighted by Gasteiger charge is -2.27. The average Bonchev–Trinajstić information content (AvgIpc) is 3.04. The van der Waals surface area contributed by atoms with Crippen LogP contribution in [0.2, 0.25) is 0 Å². The van der Waals surface area contributed by atoms with Gasteiger partial charge < -0.3 is 30.2 Å². The van der Waals surface area contributed by atoms with Crippen LogP contribution in [0.1, 0.15) is 53.9 Å². The minimum absolute atomic E-state index is 0.0263. The lowest BCUT2D eigenvalue weighted by Crippen LogP contribution is -2.42. The molecular weight excluding hydrogens is 636 g/mol. The largest absolute Gasteiger partial charge is 0.463 e. The van der Waals surface area contributed by atoms with Crippen molar-refractivity contribution in [2.45, 2.75) is 77.7 Å². The molecule has 50 heavy (non-hydrogen) atoms.